The summed E-state index contributed by atoms with van der Waals surface area (Å²) < 4.78 is 7.14. The molecule has 1 atom stereocenters. The van der Waals surface area contributed by atoms with E-state index in [0.717, 1.165) is 23.1 Å². The molecule has 2 heteroatoms. The Bertz CT molecular complexity index is 522. The summed E-state index contributed by atoms with van der Waals surface area (Å²) in [5.41, 5.74) is 2.57. The maximum atomic E-state index is 6.07. The zero-order valence-electron chi connectivity index (χ0n) is 9.40. The number of hydrogen-bond acceptors (Lipinski definition) is 1. The molecule has 0 fully saturated rings. The lowest BCUT2D eigenvalue weighted by Crippen LogP contribution is -2.14. The summed E-state index contributed by atoms with van der Waals surface area (Å²) in [4.78, 5) is 0. The lowest BCUT2D eigenvalue weighted by atomic mass is 9.98. The van der Waals surface area contributed by atoms with Gasteiger partial charge in [0.15, 0.2) is 0 Å². The van der Waals surface area contributed by atoms with E-state index < -0.39 is 0 Å². The second kappa shape index (κ2) is 4.53. The fourth-order valence-corrected chi connectivity index (χ4v) is 2.59. The van der Waals surface area contributed by atoms with Gasteiger partial charge in [-0.15, -0.1) is 0 Å². The average molecular weight is 289 g/mol. The van der Waals surface area contributed by atoms with Gasteiger partial charge in [-0.2, -0.15) is 0 Å². The van der Waals surface area contributed by atoms with Crippen LogP contribution in [0.2, 0.25) is 0 Å². The molecule has 0 unspecified atom stereocenters. The van der Waals surface area contributed by atoms with Gasteiger partial charge in [0, 0.05) is 4.47 Å². The van der Waals surface area contributed by atoms with Gasteiger partial charge >= 0.3 is 0 Å². The molecule has 0 bridgehead atoms. The predicted octanol–water partition coefficient (Wildman–Crippen LogP) is 4.52. The molecule has 3 rings (SSSR count). The highest BCUT2D eigenvalue weighted by Gasteiger charge is 2.20. The van der Waals surface area contributed by atoms with Gasteiger partial charge in [0.25, 0.3) is 0 Å². The van der Waals surface area contributed by atoms with E-state index in [-0.39, 0.29) is 6.10 Å². The molecule has 17 heavy (non-hydrogen) atoms. The molecule has 1 aliphatic rings. The molecule has 0 aromatic heterocycles. The summed E-state index contributed by atoms with van der Waals surface area (Å²) in [5.74, 6) is 1.01. The van der Waals surface area contributed by atoms with E-state index in [1.165, 1.54) is 11.1 Å². The first-order valence-corrected chi connectivity index (χ1v) is 6.62. The highest BCUT2D eigenvalue weighted by molar-refractivity contribution is 9.10. The molecule has 0 N–H and O–H groups in total. The standard InChI is InChI=1S/C15H13BrO/c16-13-8-6-12-7-9-14(17-15(12)10-13)11-4-2-1-3-5-11/h1-6,8,10,14H,7,9H2/t14-/m0/s1. The highest BCUT2D eigenvalue weighted by atomic mass is 79.9. The smallest absolute Gasteiger partial charge is 0.124 e. The first-order chi connectivity index (χ1) is 8.33. The monoisotopic (exact) mass is 288 g/mol. The maximum absolute atomic E-state index is 6.07. The molecule has 0 spiro atoms. The van der Waals surface area contributed by atoms with Crippen LogP contribution < -0.4 is 4.74 Å². The Morgan fingerprint density at radius 3 is 2.71 bits per heavy atom. The van der Waals surface area contributed by atoms with Gasteiger partial charge < -0.3 is 4.74 Å². The van der Waals surface area contributed by atoms with Crippen molar-refractivity contribution in [2.75, 3.05) is 0 Å². The van der Waals surface area contributed by atoms with Crippen molar-refractivity contribution in [1.29, 1.82) is 0 Å². The largest absolute Gasteiger partial charge is 0.485 e. The quantitative estimate of drug-likeness (QED) is 0.750. The van der Waals surface area contributed by atoms with Crippen molar-refractivity contribution in [1.82, 2.24) is 0 Å². The van der Waals surface area contributed by atoms with Gasteiger partial charge in [0.1, 0.15) is 11.9 Å². The van der Waals surface area contributed by atoms with Gasteiger partial charge in [-0.3, -0.25) is 0 Å². The van der Waals surface area contributed by atoms with Crippen LogP contribution in [0.4, 0.5) is 0 Å². The average Bonchev–Trinajstić information content (AvgIpc) is 2.39. The van der Waals surface area contributed by atoms with Gasteiger partial charge in [0.2, 0.25) is 0 Å². The molecular weight excluding hydrogens is 276 g/mol. The maximum Gasteiger partial charge on any atom is 0.124 e. The van der Waals surface area contributed by atoms with Crippen LogP contribution in [0.1, 0.15) is 23.7 Å². The van der Waals surface area contributed by atoms with Crippen molar-refractivity contribution in [3.8, 4) is 5.75 Å². The van der Waals surface area contributed by atoms with Crippen molar-refractivity contribution < 1.29 is 4.74 Å². The van der Waals surface area contributed by atoms with Gasteiger partial charge in [-0.05, 0) is 36.1 Å². The second-order valence-corrected chi connectivity index (χ2v) is 5.22. The minimum absolute atomic E-state index is 0.193. The molecule has 0 radical (unpaired) electrons. The third kappa shape index (κ3) is 2.22. The zero-order chi connectivity index (χ0) is 11.7. The lowest BCUT2D eigenvalue weighted by molar-refractivity contribution is 0.176. The Balaban J connectivity index is 1.90. The molecule has 2 aromatic rings. The number of halogens is 1. The molecule has 86 valence electrons. The number of fused-ring (bicyclic) bond motifs is 1. The number of ether oxygens (including phenoxy) is 1. The minimum atomic E-state index is 0.193. The number of rotatable bonds is 1. The van der Waals surface area contributed by atoms with Crippen LogP contribution in [-0.4, -0.2) is 0 Å². The Kier molecular flexibility index (Phi) is 2.89. The summed E-state index contributed by atoms with van der Waals surface area (Å²) >= 11 is 3.49. The van der Waals surface area contributed by atoms with E-state index in [1.807, 2.05) is 6.07 Å². The third-order valence-corrected chi connectivity index (χ3v) is 3.64. The van der Waals surface area contributed by atoms with Crippen molar-refractivity contribution >= 4 is 15.9 Å². The van der Waals surface area contributed by atoms with E-state index >= 15 is 0 Å². The molecule has 0 saturated carbocycles. The molecule has 0 saturated heterocycles. The number of aryl methyl sites for hydroxylation is 1. The van der Waals surface area contributed by atoms with Gasteiger partial charge in [0.05, 0.1) is 0 Å². The van der Waals surface area contributed by atoms with E-state index in [1.54, 1.807) is 0 Å². The molecular formula is C15H13BrO. The van der Waals surface area contributed by atoms with Gasteiger partial charge in [-0.25, -0.2) is 0 Å². The third-order valence-electron chi connectivity index (χ3n) is 3.15. The molecule has 2 aromatic carbocycles. The highest BCUT2D eigenvalue weighted by Crippen LogP contribution is 2.36. The zero-order valence-corrected chi connectivity index (χ0v) is 11.0. The Morgan fingerprint density at radius 2 is 1.88 bits per heavy atom. The van der Waals surface area contributed by atoms with Crippen molar-refractivity contribution in [3.63, 3.8) is 0 Å². The van der Waals surface area contributed by atoms with Crippen LogP contribution in [0, 0.1) is 0 Å². The summed E-state index contributed by atoms with van der Waals surface area (Å²) in [6.45, 7) is 0. The normalized spacial score (nSPS) is 18.3. The van der Waals surface area contributed by atoms with Crippen LogP contribution in [0.5, 0.6) is 5.75 Å². The number of benzene rings is 2. The van der Waals surface area contributed by atoms with E-state index in [4.69, 9.17) is 4.74 Å². The summed E-state index contributed by atoms with van der Waals surface area (Å²) in [5, 5.41) is 0. The van der Waals surface area contributed by atoms with Crippen LogP contribution in [0.3, 0.4) is 0 Å². The Labute approximate surface area is 110 Å². The molecule has 1 aliphatic heterocycles. The first kappa shape index (κ1) is 10.8. The summed E-state index contributed by atoms with van der Waals surface area (Å²) in [7, 11) is 0. The fraction of sp³-hybridized carbons (Fsp3) is 0.200. The van der Waals surface area contributed by atoms with Crippen molar-refractivity contribution in [3.05, 3.63) is 64.1 Å². The summed E-state index contributed by atoms with van der Waals surface area (Å²) in [6, 6.07) is 16.7. The van der Waals surface area contributed by atoms with Gasteiger partial charge in [-0.1, -0.05) is 52.3 Å². The van der Waals surface area contributed by atoms with Crippen LogP contribution in [0.15, 0.2) is 53.0 Å². The topological polar surface area (TPSA) is 9.23 Å². The number of hydrogen-bond donors (Lipinski definition) is 0. The van der Waals surface area contributed by atoms with E-state index in [0.29, 0.717) is 0 Å². The Morgan fingerprint density at radius 1 is 1.06 bits per heavy atom. The van der Waals surface area contributed by atoms with Crippen molar-refractivity contribution in [2.24, 2.45) is 0 Å². The van der Waals surface area contributed by atoms with Crippen LogP contribution in [0.25, 0.3) is 0 Å². The van der Waals surface area contributed by atoms with Crippen molar-refractivity contribution in [2.45, 2.75) is 18.9 Å². The second-order valence-electron chi connectivity index (χ2n) is 4.31. The van der Waals surface area contributed by atoms with E-state index in [2.05, 4.69) is 58.4 Å². The van der Waals surface area contributed by atoms with Crippen LogP contribution >= 0.6 is 15.9 Å². The fourth-order valence-electron chi connectivity index (χ4n) is 2.25. The summed E-state index contributed by atoms with van der Waals surface area (Å²) in [6.07, 6.45) is 2.33. The molecule has 0 amide bonds. The molecule has 1 nitrogen and oxygen atoms in total. The molecule has 0 aliphatic carbocycles. The Hall–Kier alpha value is -1.28. The lowest BCUT2D eigenvalue weighted by Gasteiger charge is -2.26. The SMILES string of the molecule is Brc1ccc2c(c1)O[C@H](c1ccccc1)CC2. The first-order valence-electron chi connectivity index (χ1n) is 5.83. The predicted molar refractivity (Wildman–Crippen MR) is 72.3 cm³/mol. The minimum Gasteiger partial charge on any atom is -0.485 e. The van der Waals surface area contributed by atoms with Crippen LogP contribution in [-0.2, 0) is 6.42 Å². The van der Waals surface area contributed by atoms with E-state index in [9.17, 15) is 0 Å². The molecule has 1 heterocycles.